The van der Waals surface area contributed by atoms with Gasteiger partial charge in [-0.15, -0.1) is 11.3 Å². The van der Waals surface area contributed by atoms with E-state index < -0.39 is 0 Å². The van der Waals surface area contributed by atoms with Crippen LogP contribution in [0.4, 0.5) is 0 Å². The largest absolute Gasteiger partial charge is 0.351 e. The molecule has 1 aromatic carbocycles. The second kappa shape index (κ2) is 7.90. The zero-order chi connectivity index (χ0) is 15.1. The molecule has 4 nitrogen and oxygen atoms in total. The topological polar surface area (TPSA) is 68.0 Å². The predicted molar refractivity (Wildman–Crippen MR) is 86.7 cm³/mol. The van der Waals surface area contributed by atoms with Gasteiger partial charge in [0.05, 0.1) is 10.7 Å². The summed E-state index contributed by atoms with van der Waals surface area (Å²) in [5, 5.41) is 3.91. The summed E-state index contributed by atoms with van der Waals surface area (Å²) in [6, 6.07) is 10.2. The van der Waals surface area contributed by atoms with Crippen molar-refractivity contribution in [2.24, 2.45) is 5.73 Å². The third kappa shape index (κ3) is 4.65. The molecule has 5 heteroatoms. The molecular formula is C16H21N3OS. The van der Waals surface area contributed by atoms with Gasteiger partial charge in [0.25, 0.3) is 5.91 Å². The molecule has 0 radical (unpaired) electrons. The lowest BCUT2D eigenvalue weighted by atomic mass is 10.2. The standard InChI is InChI=1S/C16H21N3OS/c1-12-15(16(20)18-10-6-5-9-17)21-14(19-12)11-13-7-3-2-4-8-13/h2-4,7-8H,5-6,9-11,17H2,1H3,(H,18,20). The lowest BCUT2D eigenvalue weighted by molar-refractivity contribution is 0.0956. The predicted octanol–water partition coefficient (Wildman–Crippen LogP) is 2.51. The van der Waals surface area contributed by atoms with Crippen LogP contribution in [-0.4, -0.2) is 24.0 Å². The zero-order valence-corrected chi connectivity index (χ0v) is 13.1. The highest BCUT2D eigenvalue weighted by atomic mass is 32.1. The van der Waals surface area contributed by atoms with Crippen molar-refractivity contribution in [2.45, 2.75) is 26.2 Å². The SMILES string of the molecule is Cc1nc(Cc2ccccc2)sc1C(=O)NCCCCN. The number of carbonyl (C=O) groups is 1. The number of nitrogens with two attached hydrogens (primary N) is 1. The monoisotopic (exact) mass is 303 g/mol. The molecule has 0 spiro atoms. The Kier molecular flexibility index (Phi) is 5.90. The van der Waals surface area contributed by atoms with Crippen molar-refractivity contribution in [3.8, 4) is 0 Å². The number of hydrogen-bond acceptors (Lipinski definition) is 4. The van der Waals surface area contributed by atoms with Crippen LogP contribution in [0.3, 0.4) is 0 Å². The van der Waals surface area contributed by atoms with Crippen LogP contribution in [0, 0.1) is 6.92 Å². The van der Waals surface area contributed by atoms with Gasteiger partial charge < -0.3 is 11.1 Å². The average molecular weight is 303 g/mol. The van der Waals surface area contributed by atoms with Crippen molar-refractivity contribution in [1.29, 1.82) is 0 Å². The van der Waals surface area contributed by atoms with Crippen LogP contribution >= 0.6 is 11.3 Å². The van der Waals surface area contributed by atoms with Crippen LogP contribution < -0.4 is 11.1 Å². The average Bonchev–Trinajstić information content (AvgIpc) is 2.85. The van der Waals surface area contributed by atoms with Crippen molar-refractivity contribution >= 4 is 17.2 Å². The Bertz CT molecular complexity index is 580. The number of nitrogens with one attached hydrogen (secondary N) is 1. The smallest absolute Gasteiger partial charge is 0.263 e. The summed E-state index contributed by atoms with van der Waals surface area (Å²) in [4.78, 5) is 17.3. The van der Waals surface area contributed by atoms with E-state index in [-0.39, 0.29) is 5.91 Å². The van der Waals surface area contributed by atoms with Gasteiger partial charge in [-0.05, 0) is 31.9 Å². The van der Waals surface area contributed by atoms with E-state index in [9.17, 15) is 4.79 Å². The fourth-order valence-corrected chi connectivity index (χ4v) is 3.08. The molecule has 0 aliphatic rings. The van der Waals surface area contributed by atoms with Crippen LogP contribution in [0.1, 0.15) is 38.8 Å². The number of amides is 1. The molecule has 2 aromatic rings. The number of aromatic nitrogens is 1. The Labute approximate surface area is 129 Å². The number of nitrogens with zero attached hydrogens (tertiary/aromatic N) is 1. The summed E-state index contributed by atoms with van der Waals surface area (Å²) >= 11 is 1.48. The minimum atomic E-state index is -0.0265. The summed E-state index contributed by atoms with van der Waals surface area (Å²) in [6.45, 7) is 3.22. The summed E-state index contributed by atoms with van der Waals surface area (Å²) in [5.74, 6) is -0.0265. The molecule has 1 aromatic heterocycles. The maximum atomic E-state index is 12.1. The molecule has 0 aliphatic heterocycles. The van der Waals surface area contributed by atoms with Gasteiger partial charge in [0.2, 0.25) is 0 Å². The number of carbonyl (C=O) groups excluding carboxylic acids is 1. The van der Waals surface area contributed by atoms with Crippen LogP contribution in [0.5, 0.6) is 0 Å². The number of benzene rings is 1. The number of unbranched alkanes of at least 4 members (excludes halogenated alkanes) is 1. The highest BCUT2D eigenvalue weighted by molar-refractivity contribution is 7.13. The van der Waals surface area contributed by atoms with E-state index in [2.05, 4.69) is 22.4 Å². The highest BCUT2D eigenvalue weighted by Crippen LogP contribution is 2.20. The molecule has 0 saturated heterocycles. The van der Waals surface area contributed by atoms with Gasteiger partial charge in [-0.2, -0.15) is 0 Å². The molecule has 0 atom stereocenters. The lowest BCUT2D eigenvalue weighted by Gasteiger charge is -2.02. The maximum Gasteiger partial charge on any atom is 0.263 e. The number of thiazole rings is 1. The van der Waals surface area contributed by atoms with Crippen molar-refractivity contribution in [2.75, 3.05) is 13.1 Å². The quantitative estimate of drug-likeness (QED) is 0.772. The van der Waals surface area contributed by atoms with Gasteiger partial charge in [0.1, 0.15) is 4.88 Å². The summed E-state index contributed by atoms with van der Waals surface area (Å²) < 4.78 is 0. The van der Waals surface area contributed by atoms with E-state index in [1.165, 1.54) is 16.9 Å². The molecule has 0 aliphatic carbocycles. The van der Waals surface area contributed by atoms with E-state index >= 15 is 0 Å². The fourth-order valence-electron chi connectivity index (χ4n) is 2.06. The van der Waals surface area contributed by atoms with Crippen molar-refractivity contribution in [3.63, 3.8) is 0 Å². The van der Waals surface area contributed by atoms with E-state index in [0.717, 1.165) is 30.0 Å². The molecule has 0 fully saturated rings. The molecule has 0 unspecified atom stereocenters. The molecular weight excluding hydrogens is 282 g/mol. The number of hydrogen-bond donors (Lipinski definition) is 2. The van der Waals surface area contributed by atoms with Crippen molar-refractivity contribution in [1.82, 2.24) is 10.3 Å². The second-order valence-electron chi connectivity index (χ2n) is 4.94. The first kappa shape index (κ1) is 15.7. The van der Waals surface area contributed by atoms with Gasteiger partial charge in [-0.25, -0.2) is 4.98 Å². The second-order valence-corrected chi connectivity index (χ2v) is 6.02. The molecule has 1 heterocycles. The van der Waals surface area contributed by atoms with Gasteiger partial charge in [-0.3, -0.25) is 4.79 Å². The summed E-state index contributed by atoms with van der Waals surface area (Å²) in [5.41, 5.74) is 7.45. The van der Waals surface area contributed by atoms with E-state index in [1.807, 2.05) is 25.1 Å². The Hall–Kier alpha value is -1.72. The van der Waals surface area contributed by atoms with E-state index in [1.54, 1.807) is 0 Å². The van der Waals surface area contributed by atoms with Gasteiger partial charge in [-0.1, -0.05) is 30.3 Å². The molecule has 1 amide bonds. The maximum absolute atomic E-state index is 12.1. The minimum absolute atomic E-state index is 0.0265. The van der Waals surface area contributed by atoms with Crippen molar-refractivity contribution < 1.29 is 4.79 Å². The summed E-state index contributed by atoms with van der Waals surface area (Å²) in [7, 11) is 0. The Morgan fingerprint density at radius 1 is 1.29 bits per heavy atom. The highest BCUT2D eigenvalue weighted by Gasteiger charge is 2.14. The van der Waals surface area contributed by atoms with Crippen LogP contribution in [-0.2, 0) is 6.42 Å². The minimum Gasteiger partial charge on any atom is -0.351 e. The molecule has 3 N–H and O–H groups in total. The Morgan fingerprint density at radius 3 is 2.76 bits per heavy atom. The number of aryl methyl sites for hydroxylation is 1. The van der Waals surface area contributed by atoms with E-state index in [4.69, 9.17) is 5.73 Å². The normalized spacial score (nSPS) is 10.6. The van der Waals surface area contributed by atoms with Gasteiger partial charge in [0, 0.05) is 13.0 Å². The first-order chi connectivity index (χ1) is 10.2. The van der Waals surface area contributed by atoms with E-state index in [0.29, 0.717) is 18.0 Å². The third-order valence-electron chi connectivity index (χ3n) is 3.16. The van der Waals surface area contributed by atoms with Crippen LogP contribution in [0.15, 0.2) is 30.3 Å². The summed E-state index contributed by atoms with van der Waals surface area (Å²) in [6.07, 6.45) is 2.62. The first-order valence-corrected chi connectivity index (χ1v) is 8.01. The molecule has 0 bridgehead atoms. The van der Waals surface area contributed by atoms with Crippen LogP contribution in [0.25, 0.3) is 0 Å². The van der Waals surface area contributed by atoms with Crippen LogP contribution in [0.2, 0.25) is 0 Å². The molecule has 2 rings (SSSR count). The fraction of sp³-hybridized carbons (Fsp3) is 0.375. The molecule has 0 saturated carbocycles. The van der Waals surface area contributed by atoms with Gasteiger partial charge >= 0.3 is 0 Å². The zero-order valence-electron chi connectivity index (χ0n) is 12.3. The Morgan fingerprint density at radius 2 is 2.05 bits per heavy atom. The first-order valence-electron chi connectivity index (χ1n) is 7.19. The lowest BCUT2D eigenvalue weighted by Crippen LogP contribution is -2.24. The Balaban J connectivity index is 1.97. The third-order valence-corrected chi connectivity index (χ3v) is 4.32. The molecule has 112 valence electrons. The van der Waals surface area contributed by atoms with Gasteiger partial charge in [0.15, 0.2) is 0 Å². The van der Waals surface area contributed by atoms with Crippen molar-refractivity contribution in [3.05, 3.63) is 51.5 Å². The molecule has 21 heavy (non-hydrogen) atoms. The number of rotatable bonds is 7.